The number of carbonyl (C=O) groups is 4. The molecule has 1 fully saturated rings. The summed E-state index contributed by atoms with van der Waals surface area (Å²) in [6.07, 6.45) is 1.42. The zero-order valence-corrected chi connectivity index (χ0v) is 16.5. The van der Waals surface area contributed by atoms with Gasteiger partial charge in [-0.2, -0.15) is 0 Å². The lowest BCUT2D eigenvalue weighted by atomic mass is 9.90. The van der Waals surface area contributed by atoms with Crippen LogP contribution in [0.1, 0.15) is 16.8 Å². The van der Waals surface area contributed by atoms with Crippen LogP contribution in [0, 0.1) is 22.0 Å². The minimum atomic E-state index is -1.37. The van der Waals surface area contributed by atoms with Crippen LogP contribution in [-0.2, 0) is 19.1 Å². The van der Waals surface area contributed by atoms with E-state index in [4.69, 9.17) is 4.74 Å². The highest BCUT2D eigenvalue weighted by Crippen LogP contribution is 2.28. The third kappa shape index (κ3) is 5.42. The first-order chi connectivity index (χ1) is 14.1. The summed E-state index contributed by atoms with van der Waals surface area (Å²) in [5.74, 6) is -4.58. The number of nitro groups is 1. The fourth-order valence-electron chi connectivity index (χ4n) is 3.10. The van der Waals surface area contributed by atoms with E-state index in [-0.39, 0.29) is 30.8 Å². The molecule has 30 heavy (non-hydrogen) atoms. The molecule has 1 amide bonds. The van der Waals surface area contributed by atoms with Crippen LogP contribution in [0.25, 0.3) is 0 Å². The number of nitrogens with one attached hydrogen (secondary N) is 2. The molecular formula is C18H19N3O8S. The van der Waals surface area contributed by atoms with E-state index >= 15 is 0 Å². The van der Waals surface area contributed by atoms with Crippen molar-refractivity contribution in [3.8, 4) is 0 Å². The second kappa shape index (κ2) is 9.98. The molecular weight excluding hydrogens is 418 g/mol. The average molecular weight is 437 g/mol. The number of carbonyl (C=O) groups excluding carboxylic acids is 3. The highest BCUT2D eigenvalue weighted by Gasteiger charge is 2.41. The van der Waals surface area contributed by atoms with Crippen molar-refractivity contribution in [2.24, 2.45) is 11.8 Å². The van der Waals surface area contributed by atoms with E-state index in [1.54, 1.807) is 0 Å². The highest BCUT2D eigenvalue weighted by atomic mass is 32.1. The van der Waals surface area contributed by atoms with Gasteiger partial charge >= 0.3 is 11.9 Å². The van der Waals surface area contributed by atoms with Gasteiger partial charge in [0.15, 0.2) is 5.12 Å². The Labute approximate surface area is 176 Å². The molecule has 0 spiro atoms. The fraction of sp³-hybridized carbons (Fsp3) is 0.333. The van der Waals surface area contributed by atoms with Crippen LogP contribution < -0.4 is 10.6 Å². The summed E-state index contributed by atoms with van der Waals surface area (Å²) in [5, 5.41) is 24.7. The number of amides is 1. The van der Waals surface area contributed by atoms with Crippen molar-refractivity contribution < 1.29 is 33.9 Å². The topological polar surface area (TPSA) is 165 Å². The van der Waals surface area contributed by atoms with Gasteiger partial charge in [0, 0.05) is 18.7 Å². The summed E-state index contributed by atoms with van der Waals surface area (Å²) in [6.45, 7) is 3.48. The van der Waals surface area contributed by atoms with Crippen molar-refractivity contribution in [2.45, 2.75) is 12.5 Å². The van der Waals surface area contributed by atoms with Crippen LogP contribution >= 0.6 is 12.6 Å². The van der Waals surface area contributed by atoms with Gasteiger partial charge in [0.25, 0.3) is 5.69 Å². The Bertz CT molecular complexity index is 903. The molecule has 0 aliphatic carbocycles. The summed E-state index contributed by atoms with van der Waals surface area (Å²) in [6, 6.07) is 2.12. The number of carboxylic acids is 1. The lowest BCUT2D eigenvalue weighted by Crippen LogP contribution is -2.35. The van der Waals surface area contributed by atoms with Crippen LogP contribution in [0.3, 0.4) is 0 Å². The molecule has 11 nitrogen and oxygen atoms in total. The number of rotatable bonds is 9. The normalized spacial score (nSPS) is 18.8. The van der Waals surface area contributed by atoms with Crippen LogP contribution in [-0.4, -0.2) is 52.2 Å². The minimum absolute atomic E-state index is 0.0727. The first kappa shape index (κ1) is 23.0. The standard InChI is InChI=1S/C18H19N3O8S/c1-2-5-29-17(25)14(18(26)30)9-6-13(19-8-9)15(22)20-12-7-10(21(27)28)3-4-11(12)16(23)24/h2-4,7,9,13-14,19H,1,5-6,8H2,(H,20,22)(H,23,24)(H,26,30)/t9-,13+,14?/m1/s1. The lowest BCUT2D eigenvalue weighted by molar-refractivity contribution is -0.384. The Morgan fingerprint density at radius 3 is 2.70 bits per heavy atom. The van der Waals surface area contributed by atoms with Crippen molar-refractivity contribution in [2.75, 3.05) is 18.5 Å². The Hall–Kier alpha value is -3.25. The quantitative estimate of drug-likeness (QED) is 0.110. The van der Waals surface area contributed by atoms with Gasteiger partial charge in [0.1, 0.15) is 12.5 Å². The van der Waals surface area contributed by atoms with Gasteiger partial charge < -0.3 is 20.5 Å². The van der Waals surface area contributed by atoms with Gasteiger partial charge in [0.05, 0.1) is 22.2 Å². The number of benzene rings is 1. The molecule has 0 radical (unpaired) electrons. The summed E-state index contributed by atoms with van der Waals surface area (Å²) < 4.78 is 4.91. The number of hydrogen-bond donors (Lipinski definition) is 4. The van der Waals surface area contributed by atoms with Gasteiger partial charge in [-0.1, -0.05) is 12.7 Å². The first-order valence-electron chi connectivity index (χ1n) is 8.72. The van der Waals surface area contributed by atoms with E-state index < -0.39 is 51.4 Å². The molecule has 1 saturated heterocycles. The van der Waals surface area contributed by atoms with Crippen molar-refractivity contribution in [1.82, 2.24) is 5.32 Å². The molecule has 12 heteroatoms. The minimum Gasteiger partial charge on any atom is -0.478 e. The molecule has 0 aromatic heterocycles. The van der Waals surface area contributed by atoms with E-state index in [1.807, 2.05) is 0 Å². The van der Waals surface area contributed by atoms with Crippen molar-refractivity contribution >= 4 is 47.0 Å². The number of anilines is 1. The lowest BCUT2D eigenvalue weighted by Gasteiger charge is -2.18. The van der Waals surface area contributed by atoms with Crippen molar-refractivity contribution in [3.63, 3.8) is 0 Å². The van der Waals surface area contributed by atoms with Gasteiger partial charge in [-0.25, -0.2) is 4.79 Å². The Morgan fingerprint density at radius 2 is 2.13 bits per heavy atom. The predicted octanol–water partition coefficient (Wildman–Crippen LogP) is 1.01. The third-order valence-electron chi connectivity index (χ3n) is 4.52. The molecule has 0 saturated carbocycles. The van der Waals surface area contributed by atoms with Crippen LogP contribution in [0.4, 0.5) is 11.4 Å². The Kier molecular flexibility index (Phi) is 7.66. The van der Waals surface area contributed by atoms with E-state index in [2.05, 4.69) is 29.8 Å². The molecule has 2 rings (SSSR count). The largest absolute Gasteiger partial charge is 0.478 e. The summed E-state index contributed by atoms with van der Waals surface area (Å²) in [7, 11) is 0. The molecule has 0 bridgehead atoms. The summed E-state index contributed by atoms with van der Waals surface area (Å²) in [5.41, 5.74) is -0.947. The zero-order valence-electron chi connectivity index (χ0n) is 15.6. The molecule has 1 aromatic rings. The predicted molar refractivity (Wildman–Crippen MR) is 107 cm³/mol. The molecule has 1 heterocycles. The van der Waals surface area contributed by atoms with Crippen LogP contribution in [0.15, 0.2) is 30.9 Å². The molecule has 3 atom stereocenters. The molecule has 1 aliphatic heterocycles. The number of thiol groups is 1. The molecule has 160 valence electrons. The number of ether oxygens (including phenoxy) is 1. The molecule has 1 aromatic carbocycles. The fourth-order valence-corrected chi connectivity index (χ4v) is 3.41. The van der Waals surface area contributed by atoms with Crippen molar-refractivity contribution in [3.05, 3.63) is 46.5 Å². The highest BCUT2D eigenvalue weighted by molar-refractivity contribution is 7.96. The Balaban J connectivity index is 2.14. The maximum atomic E-state index is 12.6. The average Bonchev–Trinajstić information content (AvgIpc) is 3.15. The third-order valence-corrected chi connectivity index (χ3v) is 4.80. The number of esters is 1. The second-order valence-corrected chi connectivity index (χ2v) is 6.91. The number of non-ortho nitro benzene ring substituents is 1. The summed E-state index contributed by atoms with van der Waals surface area (Å²) in [4.78, 5) is 58.1. The summed E-state index contributed by atoms with van der Waals surface area (Å²) >= 11 is 3.73. The van der Waals surface area contributed by atoms with Crippen LogP contribution in [0.2, 0.25) is 0 Å². The molecule has 3 N–H and O–H groups in total. The molecule has 1 unspecified atom stereocenters. The maximum Gasteiger partial charge on any atom is 0.337 e. The SMILES string of the molecule is C=CCOC(=O)C(C(=O)S)[C@H]1CN[C@H](C(=O)Nc2cc([N+](=O)[O-])ccc2C(=O)O)C1. The number of aromatic carboxylic acids is 1. The van der Waals surface area contributed by atoms with E-state index in [0.29, 0.717) is 0 Å². The van der Waals surface area contributed by atoms with Crippen molar-refractivity contribution in [1.29, 1.82) is 0 Å². The number of nitro benzene ring substituents is 1. The smallest absolute Gasteiger partial charge is 0.337 e. The van der Waals surface area contributed by atoms with E-state index in [0.717, 1.165) is 18.2 Å². The zero-order chi connectivity index (χ0) is 22.4. The molecule has 1 aliphatic rings. The van der Waals surface area contributed by atoms with Gasteiger partial charge in [-0.3, -0.25) is 24.5 Å². The monoisotopic (exact) mass is 437 g/mol. The van der Waals surface area contributed by atoms with E-state index in [1.165, 1.54) is 6.08 Å². The van der Waals surface area contributed by atoms with Crippen LogP contribution in [0.5, 0.6) is 0 Å². The maximum absolute atomic E-state index is 12.6. The van der Waals surface area contributed by atoms with Gasteiger partial charge in [-0.15, -0.1) is 12.6 Å². The Morgan fingerprint density at radius 1 is 1.43 bits per heavy atom. The number of hydrogen-bond acceptors (Lipinski definition) is 8. The van der Waals surface area contributed by atoms with Gasteiger partial charge in [0.2, 0.25) is 5.91 Å². The number of carboxylic acid groups (broad SMARTS) is 1. The van der Waals surface area contributed by atoms with E-state index in [9.17, 15) is 34.4 Å². The first-order valence-corrected chi connectivity index (χ1v) is 9.16. The number of nitrogens with zero attached hydrogens (tertiary/aromatic N) is 1. The second-order valence-electron chi connectivity index (χ2n) is 6.47. The van der Waals surface area contributed by atoms with Gasteiger partial charge in [-0.05, 0) is 18.4 Å².